The zero-order chi connectivity index (χ0) is 12.0. The smallest absolute Gasteiger partial charge is 0.313 e. The highest BCUT2D eigenvalue weighted by Crippen LogP contribution is 2.17. The predicted octanol–water partition coefficient (Wildman–Crippen LogP) is 0.400. The Labute approximate surface area is 97.7 Å². The number of hydrogen-bond donors (Lipinski definition) is 2. The van der Waals surface area contributed by atoms with E-state index in [1.54, 1.807) is 0 Å². The molecule has 0 aliphatic rings. The molecule has 2 N–H and O–H groups in total. The van der Waals surface area contributed by atoms with Gasteiger partial charge in [0.15, 0.2) is 5.16 Å². The molecule has 0 radical (unpaired) electrons. The Morgan fingerprint density at radius 3 is 2.81 bits per heavy atom. The molecule has 1 aromatic heterocycles. The van der Waals surface area contributed by atoms with Crippen molar-refractivity contribution in [1.29, 1.82) is 0 Å². The summed E-state index contributed by atoms with van der Waals surface area (Å²) in [5, 5.41) is 25.9. The summed E-state index contributed by atoms with van der Waals surface area (Å²) in [5.41, 5.74) is 0. The molecule has 0 bridgehead atoms. The van der Waals surface area contributed by atoms with Gasteiger partial charge in [0.05, 0.1) is 5.75 Å². The van der Waals surface area contributed by atoms with E-state index in [0.717, 1.165) is 17.6 Å². The zero-order valence-electron chi connectivity index (χ0n) is 9.09. The van der Waals surface area contributed by atoms with Crippen LogP contribution in [0.15, 0.2) is 5.16 Å². The van der Waals surface area contributed by atoms with Gasteiger partial charge in [-0.15, -0.1) is 10.2 Å². The lowest BCUT2D eigenvalue weighted by molar-refractivity contribution is -0.133. The van der Waals surface area contributed by atoms with Gasteiger partial charge >= 0.3 is 5.97 Å². The molecule has 0 aliphatic heterocycles. The summed E-state index contributed by atoms with van der Waals surface area (Å²) in [6, 6.07) is 0. The van der Waals surface area contributed by atoms with Crippen LogP contribution in [0.5, 0.6) is 0 Å². The first-order valence-corrected chi connectivity index (χ1v) is 6.05. The van der Waals surface area contributed by atoms with Gasteiger partial charge in [-0.25, -0.2) is 0 Å². The lowest BCUT2D eigenvalue weighted by atomic mass is 10.3. The van der Waals surface area contributed by atoms with Crippen LogP contribution in [0.4, 0.5) is 0 Å². The summed E-state index contributed by atoms with van der Waals surface area (Å²) in [6.07, 6.45) is 1.30. The van der Waals surface area contributed by atoms with Crippen LogP contribution in [-0.2, 0) is 17.8 Å². The van der Waals surface area contributed by atoms with Crippen molar-refractivity contribution in [2.24, 2.45) is 0 Å². The van der Waals surface area contributed by atoms with Crippen molar-refractivity contribution < 1.29 is 15.0 Å². The Balaban J connectivity index is 2.69. The van der Waals surface area contributed by atoms with Crippen molar-refractivity contribution in [2.45, 2.75) is 31.5 Å². The summed E-state index contributed by atoms with van der Waals surface area (Å²) in [5.74, 6) is -0.0880. The standard InChI is InChI=1S/C9H15N3O3S/c1-2-12-7(4-3-5-13)10-11-9(12)16-6-8(14)15/h13H,2-6H2,1H3,(H,14,15). The number of rotatable bonds is 7. The number of thioether (sulfide) groups is 1. The largest absolute Gasteiger partial charge is 0.481 e. The maximum Gasteiger partial charge on any atom is 0.313 e. The lowest BCUT2D eigenvalue weighted by Gasteiger charge is -2.05. The van der Waals surface area contributed by atoms with E-state index in [0.29, 0.717) is 24.5 Å². The molecule has 0 spiro atoms. The Morgan fingerprint density at radius 1 is 1.50 bits per heavy atom. The second kappa shape index (κ2) is 6.49. The highest BCUT2D eigenvalue weighted by molar-refractivity contribution is 7.99. The normalized spacial score (nSPS) is 10.6. The topological polar surface area (TPSA) is 88.2 Å². The molecular weight excluding hydrogens is 230 g/mol. The Kier molecular flexibility index (Phi) is 5.27. The van der Waals surface area contributed by atoms with Crippen LogP contribution in [0.2, 0.25) is 0 Å². The van der Waals surface area contributed by atoms with Crippen molar-refractivity contribution in [3.05, 3.63) is 5.82 Å². The molecule has 0 atom stereocenters. The molecule has 16 heavy (non-hydrogen) atoms. The van der Waals surface area contributed by atoms with Gasteiger partial charge in [0.1, 0.15) is 5.82 Å². The minimum Gasteiger partial charge on any atom is -0.481 e. The molecular formula is C9H15N3O3S. The molecule has 1 aromatic rings. The van der Waals surface area contributed by atoms with E-state index in [4.69, 9.17) is 10.2 Å². The van der Waals surface area contributed by atoms with Crippen LogP contribution in [0.1, 0.15) is 19.2 Å². The van der Waals surface area contributed by atoms with Gasteiger partial charge in [-0.1, -0.05) is 11.8 Å². The van der Waals surface area contributed by atoms with E-state index >= 15 is 0 Å². The van der Waals surface area contributed by atoms with E-state index in [-0.39, 0.29) is 12.4 Å². The molecule has 90 valence electrons. The molecule has 0 fully saturated rings. The highest BCUT2D eigenvalue weighted by atomic mass is 32.2. The Hall–Kier alpha value is -1.08. The number of carboxylic acid groups (broad SMARTS) is 1. The third kappa shape index (κ3) is 3.49. The van der Waals surface area contributed by atoms with Gasteiger partial charge in [-0.3, -0.25) is 4.79 Å². The minimum atomic E-state index is -0.868. The van der Waals surface area contributed by atoms with E-state index in [9.17, 15) is 4.79 Å². The number of aliphatic carboxylic acids is 1. The summed E-state index contributed by atoms with van der Waals surface area (Å²) < 4.78 is 1.88. The van der Waals surface area contributed by atoms with Crippen molar-refractivity contribution >= 4 is 17.7 Å². The maximum absolute atomic E-state index is 10.4. The molecule has 0 unspecified atom stereocenters. The molecule has 1 heterocycles. The van der Waals surface area contributed by atoms with Gasteiger partial charge in [-0.2, -0.15) is 0 Å². The van der Waals surface area contributed by atoms with Gasteiger partial charge < -0.3 is 14.8 Å². The number of aryl methyl sites for hydroxylation is 1. The molecule has 0 saturated carbocycles. The summed E-state index contributed by atoms with van der Waals surface area (Å²) >= 11 is 1.16. The Bertz CT molecular complexity index is 354. The van der Waals surface area contributed by atoms with Gasteiger partial charge in [0.25, 0.3) is 0 Å². The minimum absolute atomic E-state index is 0.0157. The van der Waals surface area contributed by atoms with Crippen LogP contribution < -0.4 is 0 Å². The third-order valence-corrected chi connectivity index (χ3v) is 2.94. The Morgan fingerprint density at radius 2 is 2.25 bits per heavy atom. The summed E-state index contributed by atoms with van der Waals surface area (Å²) in [6.45, 7) is 2.78. The first-order valence-electron chi connectivity index (χ1n) is 5.06. The fourth-order valence-electron chi connectivity index (χ4n) is 1.29. The van der Waals surface area contributed by atoms with Crippen LogP contribution in [0.3, 0.4) is 0 Å². The zero-order valence-corrected chi connectivity index (χ0v) is 9.90. The molecule has 6 nitrogen and oxygen atoms in total. The van der Waals surface area contributed by atoms with Crippen molar-refractivity contribution in [1.82, 2.24) is 14.8 Å². The second-order valence-electron chi connectivity index (χ2n) is 3.15. The van der Waals surface area contributed by atoms with Crippen LogP contribution >= 0.6 is 11.8 Å². The SMILES string of the molecule is CCn1c(CCCO)nnc1SCC(=O)O. The number of aliphatic hydroxyl groups is 1. The van der Waals surface area contributed by atoms with Crippen molar-refractivity contribution in [3.8, 4) is 0 Å². The monoisotopic (exact) mass is 245 g/mol. The first-order chi connectivity index (χ1) is 7.69. The van der Waals surface area contributed by atoms with Gasteiger partial charge in [-0.05, 0) is 13.3 Å². The molecule has 1 rings (SSSR count). The number of carboxylic acids is 1. The van der Waals surface area contributed by atoms with Crippen LogP contribution in [0, 0.1) is 0 Å². The molecule has 0 aromatic carbocycles. The number of aliphatic hydroxyl groups excluding tert-OH is 1. The lowest BCUT2D eigenvalue weighted by Crippen LogP contribution is -2.06. The van der Waals surface area contributed by atoms with E-state index in [1.165, 1.54) is 0 Å². The first kappa shape index (κ1) is 13.0. The number of hydrogen-bond acceptors (Lipinski definition) is 5. The van der Waals surface area contributed by atoms with Crippen molar-refractivity contribution in [3.63, 3.8) is 0 Å². The quantitative estimate of drug-likeness (QED) is 0.676. The van der Waals surface area contributed by atoms with E-state index < -0.39 is 5.97 Å². The molecule has 0 saturated heterocycles. The second-order valence-corrected chi connectivity index (χ2v) is 4.10. The van der Waals surface area contributed by atoms with Gasteiger partial charge in [0.2, 0.25) is 0 Å². The highest BCUT2D eigenvalue weighted by Gasteiger charge is 2.11. The molecule has 0 aliphatic carbocycles. The maximum atomic E-state index is 10.4. The number of carbonyl (C=O) groups is 1. The average molecular weight is 245 g/mol. The van der Waals surface area contributed by atoms with E-state index in [2.05, 4.69) is 10.2 Å². The fraction of sp³-hybridized carbons (Fsp3) is 0.667. The van der Waals surface area contributed by atoms with Crippen molar-refractivity contribution in [2.75, 3.05) is 12.4 Å². The van der Waals surface area contributed by atoms with E-state index in [1.807, 2.05) is 11.5 Å². The molecule has 7 heteroatoms. The average Bonchev–Trinajstić information content (AvgIpc) is 2.65. The van der Waals surface area contributed by atoms with Crippen LogP contribution in [-0.4, -0.2) is 43.3 Å². The third-order valence-electron chi connectivity index (χ3n) is 1.99. The summed E-state index contributed by atoms with van der Waals surface area (Å²) in [7, 11) is 0. The number of nitrogens with zero attached hydrogens (tertiary/aromatic N) is 3. The van der Waals surface area contributed by atoms with Gasteiger partial charge in [0, 0.05) is 19.6 Å². The molecule has 0 amide bonds. The number of aromatic nitrogens is 3. The van der Waals surface area contributed by atoms with Crippen LogP contribution in [0.25, 0.3) is 0 Å². The fourth-order valence-corrected chi connectivity index (χ4v) is 2.03. The predicted molar refractivity (Wildman–Crippen MR) is 59.5 cm³/mol. The summed E-state index contributed by atoms with van der Waals surface area (Å²) in [4.78, 5) is 10.4.